The minimum absolute atomic E-state index is 0.0212. The Kier molecular flexibility index (Phi) is 5.78. The predicted molar refractivity (Wildman–Crippen MR) is 77.7 cm³/mol. The number of rotatable bonds is 6. The molecule has 0 aliphatic heterocycles. The van der Waals surface area contributed by atoms with Gasteiger partial charge >= 0.3 is 0 Å². The lowest BCUT2D eigenvalue weighted by atomic mass is 10.1. The monoisotopic (exact) mass is 253 g/mol. The standard InChI is InChI=1S/C13H23N3S/c1-5-11(9-17-4)16(3)13-12(10(2)14)7-6-8-15-13/h6-8,10-11H,5,9,14H2,1-4H3. The number of nitrogens with zero attached hydrogens (tertiary/aromatic N) is 2. The molecule has 0 bridgehead atoms. The maximum atomic E-state index is 6.00. The van der Waals surface area contributed by atoms with E-state index in [9.17, 15) is 0 Å². The third-order valence-corrected chi connectivity index (χ3v) is 3.74. The zero-order valence-electron chi connectivity index (χ0n) is 11.2. The second-order valence-corrected chi connectivity index (χ2v) is 5.24. The fraction of sp³-hybridized carbons (Fsp3) is 0.615. The fourth-order valence-electron chi connectivity index (χ4n) is 1.93. The molecule has 0 aliphatic carbocycles. The van der Waals surface area contributed by atoms with Gasteiger partial charge in [0.1, 0.15) is 5.82 Å². The van der Waals surface area contributed by atoms with Crippen LogP contribution in [0.5, 0.6) is 0 Å². The van der Waals surface area contributed by atoms with Crippen LogP contribution in [0, 0.1) is 0 Å². The molecule has 0 aliphatic rings. The lowest BCUT2D eigenvalue weighted by molar-refractivity contribution is 0.657. The number of anilines is 1. The summed E-state index contributed by atoms with van der Waals surface area (Å²) in [6, 6.07) is 4.55. The molecule has 2 N–H and O–H groups in total. The van der Waals surface area contributed by atoms with Crippen molar-refractivity contribution in [2.45, 2.75) is 32.4 Å². The van der Waals surface area contributed by atoms with Gasteiger partial charge in [-0.1, -0.05) is 13.0 Å². The highest BCUT2D eigenvalue weighted by Crippen LogP contribution is 2.24. The van der Waals surface area contributed by atoms with E-state index in [1.165, 1.54) is 0 Å². The first-order valence-corrected chi connectivity index (χ1v) is 7.43. The van der Waals surface area contributed by atoms with Crippen molar-refractivity contribution in [1.82, 2.24) is 4.98 Å². The van der Waals surface area contributed by atoms with Crippen molar-refractivity contribution < 1.29 is 0 Å². The molecule has 0 amide bonds. The van der Waals surface area contributed by atoms with Gasteiger partial charge in [-0.25, -0.2) is 4.98 Å². The molecule has 1 aromatic rings. The molecule has 3 nitrogen and oxygen atoms in total. The van der Waals surface area contributed by atoms with Crippen LogP contribution in [-0.4, -0.2) is 30.1 Å². The zero-order valence-corrected chi connectivity index (χ0v) is 12.0. The van der Waals surface area contributed by atoms with Gasteiger partial charge in [-0.2, -0.15) is 11.8 Å². The molecule has 0 spiro atoms. The van der Waals surface area contributed by atoms with E-state index in [1.54, 1.807) is 0 Å². The normalized spacial score (nSPS) is 14.4. The van der Waals surface area contributed by atoms with Crippen molar-refractivity contribution in [3.05, 3.63) is 23.9 Å². The number of thioether (sulfide) groups is 1. The Morgan fingerprint density at radius 3 is 2.76 bits per heavy atom. The second kappa shape index (κ2) is 6.87. The van der Waals surface area contributed by atoms with Gasteiger partial charge < -0.3 is 10.6 Å². The van der Waals surface area contributed by atoms with Crippen LogP contribution in [0.4, 0.5) is 5.82 Å². The molecule has 1 aromatic heterocycles. The lowest BCUT2D eigenvalue weighted by Crippen LogP contribution is -2.35. The first-order valence-electron chi connectivity index (χ1n) is 6.04. The highest BCUT2D eigenvalue weighted by Gasteiger charge is 2.18. The maximum Gasteiger partial charge on any atom is 0.133 e. The summed E-state index contributed by atoms with van der Waals surface area (Å²) in [5.74, 6) is 2.13. The molecule has 0 saturated heterocycles. The van der Waals surface area contributed by atoms with E-state index < -0.39 is 0 Å². The molecular formula is C13H23N3S. The summed E-state index contributed by atoms with van der Waals surface area (Å²) < 4.78 is 0. The van der Waals surface area contributed by atoms with Crippen molar-refractivity contribution in [3.63, 3.8) is 0 Å². The van der Waals surface area contributed by atoms with E-state index in [0.717, 1.165) is 23.6 Å². The quantitative estimate of drug-likeness (QED) is 0.846. The van der Waals surface area contributed by atoms with E-state index in [2.05, 4.69) is 36.2 Å². The third-order valence-electron chi connectivity index (χ3n) is 3.02. The Hall–Kier alpha value is -0.740. The van der Waals surface area contributed by atoms with Gasteiger partial charge in [-0.15, -0.1) is 0 Å². The average Bonchev–Trinajstić information content (AvgIpc) is 2.35. The Morgan fingerprint density at radius 1 is 1.53 bits per heavy atom. The SMILES string of the molecule is CCC(CSC)N(C)c1ncccc1C(C)N. The van der Waals surface area contributed by atoms with Crippen LogP contribution in [-0.2, 0) is 0 Å². The predicted octanol–water partition coefficient (Wildman–Crippen LogP) is 2.68. The van der Waals surface area contributed by atoms with E-state index in [-0.39, 0.29) is 6.04 Å². The smallest absolute Gasteiger partial charge is 0.133 e. The molecule has 17 heavy (non-hydrogen) atoms. The Balaban J connectivity index is 2.97. The van der Waals surface area contributed by atoms with Crippen LogP contribution in [0.15, 0.2) is 18.3 Å². The minimum Gasteiger partial charge on any atom is -0.356 e. The third kappa shape index (κ3) is 3.61. The molecule has 2 atom stereocenters. The molecule has 1 rings (SSSR count). The van der Waals surface area contributed by atoms with E-state index >= 15 is 0 Å². The Labute approximate surface area is 109 Å². The minimum atomic E-state index is 0.0212. The molecule has 0 radical (unpaired) electrons. The highest BCUT2D eigenvalue weighted by atomic mass is 32.2. The van der Waals surface area contributed by atoms with Crippen molar-refractivity contribution in [2.24, 2.45) is 5.73 Å². The average molecular weight is 253 g/mol. The Morgan fingerprint density at radius 2 is 2.24 bits per heavy atom. The number of nitrogens with two attached hydrogens (primary N) is 1. The Bertz CT molecular complexity index is 341. The summed E-state index contributed by atoms with van der Waals surface area (Å²) in [5.41, 5.74) is 7.12. The summed E-state index contributed by atoms with van der Waals surface area (Å²) in [4.78, 5) is 6.75. The van der Waals surface area contributed by atoms with Gasteiger partial charge in [-0.05, 0) is 25.7 Å². The van der Waals surface area contributed by atoms with Crippen LogP contribution in [0.25, 0.3) is 0 Å². The number of hydrogen-bond donors (Lipinski definition) is 1. The van der Waals surface area contributed by atoms with Crippen molar-refractivity contribution in [3.8, 4) is 0 Å². The van der Waals surface area contributed by atoms with Crippen LogP contribution in [0.3, 0.4) is 0 Å². The summed E-state index contributed by atoms with van der Waals surface area (Å²) in [5, 5.41) is 0. The molecule has 0 fully saturated rings. The van der Waals surface area contributed by atoms with Crippen molar-refractivity contribution in [2.75, 3.05) is 24.0 Å². The number of pyridine rings is 1. The van der Waals surface area contributed by atoms with Crippen LogP contribution in [0.1, 0.15) is 31.9 Å². The summed E-state index contributed by atoms with van der Waals surface area (Å²) in [6.45, 7) is 4.22. The maximum absolute atomic E-state index is 6.00. The molecule has 4 heteroatoms. The van der Waals surface area contributed by atoms with Gasteiger partial charge in [0.15, 0.2) is 0 Å². The second-order valence-electron chi connectivity index (χ2n) is 4.33. The lowest BCUT2D eigenvalue weighted by Gasteiger charge is -2.30. The van der Waals surface area contributed by atoms with Crippen LogP contribution >= 0.6 is 11.8 Å². The molecule has 2 unspecified atom stereocenters. The van der Waals surface area contributed by atoms with Gasteiger partial charge in [0.2, 0.25) is 0 Å². The largest absolute Gasteiger partial charge is 0.356 e. The molecule has 1 heterocycles. The van der Waals surface area contributed by atoms with E-state index in [0.29, 0.717) is 6.04 Å². The van der Waals surface area contributed by atoms with Crippen molar-refractivity contribution >= 4 is 17.6 Å². The van der Waals surface area contributed by atoms with Crippen molar-refractivity contribution in [1.29, 1.82) is 0 Å². The summed E-state index contributed by atoms with van der Waals surface area (Å²) >= 11 is 1.87. The van der Waals surface area contributed by atoms with Crippen LogP contribution in [0.2, 0.25) is 0 Å². The zero-order chi connectivity index (χ0) is 12.8. The molecule has 0 aromatic carbocycles. The van der Waals surface area contributed by atoms with Gasteiger partial charge in [0.25, 0.3) is 0 Å². The molecule has 96 valence electrons. The van der Waals surface area contributed by atoms with Gasteiger partial charge in [-0.3, -0.25) is 0 Å². The topological polar surface area (TPSA) is 42.2 Å². The highest BCUT2D eigenvalue weighted by molar-refractivity contribution is 7.98. The van der Waals surface area contributed by atoms with E-state index in [4.69, 9.17) is 5.73 Å². The van der Waals surface area contributed by atoms with Crippen LogP contribution < -0.4 is 10.6 Å². The van der Waals surface area contributed by atoms with E-state index in [1.807, 2.05) is 30.9 Å². The first kappa shape index (κ1) is 14.3. The fourth-order valence-corrected chi connectivity index (χ4v) is 2.77. The number of hydrogen-bond acceptors (Lipinski definition) is 4. The van der Waals surface area contributed by atoms with Gasteiger partial charge in [0, 0.05) is 36.6 Å². The first-order chi connectivity index (χ1) is 8.11. The van der Waals surface area contributed by atoms with Gasteiger partial charge in [0.05, 0.1) is 0 Å². The summed E-state index contributed by atoms with van der Waals surface area (Å²) in [7, 11) is 2.11. The summed E-state index contributed by atoms with van der Waals surface area (Å²) in [6.07, 6.45) is 5.09. The number of aromatic nitrogens is 1. The molecule has 0 saturated carbocycles. The molecular weight excluding hydrogens is 230 g/mol.